The third-order valence-corrected chi connectivity index (χ3v) is 11.3. The molecule has 0 saturated carbocycles. The first-order chi connectivity index (χ1) is 27.5. The first-order valence-corrected chi connectivity index (χ1v) is 24.6. The highest BCUT2D eigenvalue weighted by Gasteiger charge is 2.24. The lowest BCUT2D eigenvalue weighted by molar-refractivity contribution is -0.151. The fourth-order valence-electron chi connectivity index (χ4n) is 7.59. The van der Waals surface area contributed by atoms with Crippen molar-refractivity contribution in [1.29, 1.82) is 0 Å². The van der Waals surface area contributed by atoms with Crippen LogP contribution in [0, 0.1) is 0 Å². The van der Waals surface area contributed by atoms with Gasteiger partial charge in [0.2, 0.25) is 5.91 Å². The minimum Gasteiger partial charge on any atom is -0.462 e. The van der Waals surface area contributed by atoms with Gasteiger partial charge in [-0.05, 0) is 51.4 Å². The van der Waals surface area contributed by atoms with Crippen LogP contribution in [0.25, 0.3) is 0 Å². The topological polar surface area (TPSA) is 95.9 Å². The standard InChI is InChI=1S/C50H95NO5/c1-4-7-10-13-16-19-21-23-25-27-30-32-35-38-41-46(56-50(55)43-40-37-34-31-28-26-24-22-20-17-14-11-8-5-2)44-49(54)51-47(45-52)48(53)42-39-36-33-29-18-15-12-9-6-3/h8,11,17,20,46-48,52-53H,4-7,9-10,12-16,18-19,21-45H2,1-3H3,(H,51,54)/b11-8+,20-17+. The predicted molar refractivity (Wildman–Crippen MR) is 241 cm³/mol. The zero-order chi connectivity index (χ0) is 41.0. The van der Waals surface area contributed by atoms with Gasteiger partial charge in [-0.15, -0.1) is 0 Å². The number of carbonyl (C=O) groups excluding carboxylic acids is 2. The molecule has 6 nitrogen and oxygen atoms in total. The summed E-state index contributed by atoms with van der Waals surface area (Å²) in [6.07, 6.45) is 49.5. The molecule has 3 N–H and O–H groups in total. The molecule has 0 radical (unpaired) electrons. The minimum absolute atomic E-state index is 0.0794. The molecule has 0 aliphatic carbocycles. The van der Waals surface area contributed by atoms with Crippen LogP contribution in [0.3, 0.4) is 0 Å². The number of allylic oxidation sites excluding steroid dienone is 4. The first-order valence-electron chi connectivity index (χ1n) is 24.6. The van der Waals surface area contributed by atoms with E-state index in [1.807, 2.05) is 0 Å². The number of unbranched alkanes of at least 4 members (excludes halogenated alkanes) is 28. The van der Waals surface area contributed by atoms with Gasteiger partial charge in [-0.2, -0.15) is 0 Å². The third kappa shape index (κ3) is 39.2. The van der Waals surface area contributed by atoms with Crippen LogP contribution in [0.4, 0.5) is 0 Å². The molecule has 0 aromatic heterocycles. The Morgan fingerprint density at radius 3 is 1.45 bits per heavy atom. The highest BCUT2D eigenvalue weighted by atomic mass is 16.5. The van der Waals surface area contributed by atoms with Crippen LogP contribution in [0.5, 0.6) is 0 Å². The van der Waals surface area contributed by atoms with Crippen LogP contribution in [0.15, 0.2) is 24.3 Å². The highest BCUT2D eigenvalue weighted by Crippen LogP contribution is 2.18. The van der Waals surface area contributed by atoms with E-state index in [-0.39, 0.29) is 24.9 Å². The Morgan fingerprint density at radius 2 is 0.964 bits per heavy atom. The highest BCUT2D eigenvalue weighted by molar-refractivity contribution is 5.77. The molecule has 0 aromatic carbocycles. The molecular weight excluding hydrogens is 695 g/mol. The normalized spacial score (nSPS) is 13.4. The largest absolute Gasteiger partial charge is 0.462 e. The van der Waals surface area contributed by atoms with E-state index in [1.54, 1.807) is 0 Å². The number of hydrogen-bond donors (Lipinski definition) is 3. The van der Waals surface area contributed by atoms with E-state index < -0.39 is 18.2 Å². The molecule has 0 rings (SSSR count). The van der Waals surface area contributed by atoms with Crippen LogP contribution in [0.1, 0.15) is 258 Å². The Hall–Kier alpha value is -1.66. The molecular formula is C50H95NO5. The minimum atomic E-state index is -0.782. The van der Waals surface area contributed by atoms with Crippen LogP contribution >= 0.6 is 0 Å². The summed E-state index contributed by atoms with van der Waals surface area (Å²) in [7, 11) is 0. The molecule has 0 fully saturated rings. The van der Waals surface area contributed by atoms with Gasteiger partial charge in [0, 0.05) is 6.42 Å². The number of esters is 1. The monoisotopic (exact) mass is 790 g/mol. The van der Waals surface area contributed by atoms with Gasteiger partial charge in [-0.25, -0.2) is 0 Å². The fourth-order valence-corrected chi connectivity index (χ4v) is 7.59. The van der Waals surface area contributed by atoms with Crippen LogP contribution < -0.4 is 5.32 Å². The Balaban J connectivity index is 4.56. The number of aliphatic hydroxyl groups is 2. The number of rotatable bonds is 44. The van der Waals surface area contributed by atoms with E-state index in [9.17, 15) is 19.8 Å². The maximum absolute atomic E-state index is 13.1. The number of amides is 1. The van der Waals surface area contributed by atoms with Crippen molar-refractivity contribution in [2.45, 2.75) is 277 Å². The number of carbonyl (C=O) groups is 2. The van der Waals surface area contributed by atoms with Gasteiger partial charge in [0.1, 0.15) is 6.10 Å². The molecule has 6 heteroatoms. The van der Waals surface area contributed by atoms with Crippen molar-refractivity contribution >= 4 is 11.9 Å². The van der Waals surface area contributed by atoms with Gasteiger partial charge in [0.05, 0.1) is 25.2 Å². The molecule has 1 amide bonds. The molecule has 0 spiro atoms. The number of ether oxygens (including phenoxy) is 1. The first kappa shape index (κ1) is 54.3. The van der Waals surface area contributed by atoms with Crippen molar-refractivity contribution < 1.29 is 24.5 Å². The third-order valence-electron chi connectivity index (χ3n) is 11.3. The molecule has 3 unspecified atom stereocenters. The summed E-state index contributed by atoms with van der Waals surface area (Å²) in [6, 6.07) is -0.696. The van der Waals surface area contributed by atoms with Crippen molar-refractivity contribution in [2.24, 2.45) is 0 Å². The summed E-state index contributed by atoms with van der Waals surface area (Å²) in [4.78, 5) is 26.0. The van der Waals surface area contributed by atoms with Gasteiger partial charge < -0.3 is 20.3 Å². The molecule has 0 aromatic rings. The van der Waals surface area contributed by atoms with E-state index in [2.05, 4.69) is 50.4 Å². The summed E-state index contributed by atoms with van der Waals surface area (Å²) in [5.74, 6) is -0.472. The maximum atomic E-state index is 13.1. The summed E-state index contributed by atoms with van der Waals surface area (Å²) in [5.41, 5.74) is 0. The molecule has 0 heterocycles. The molecule has 0 aliphatic heterocycles. The smallest absolute Gasteiger partial charge is 0.306 e. The van der Waals surface area contributed by atoms with Gasteiger partial charge in [-0.3, -0.25) is 9.59 Å². The number of aliphatic hydroxyl groups excluding tert-OH is 2. The molecule has 0 saturated heterocycles. The van der Waals surface area contributed by atoms with Gasteiger partial charge in [0.25, 0.3) is 0 Å². The summed E-state index contributed by atoms with van der Waals surface area (Å²) in [6.45, 7) is 6.37. The van der Waals surface area contributed by atoms with Crippen molar-refractivity contribution in [1.82, 2.24) is 5.32 Å². The maximum Gasteiger partial charge on any atom is 0.306 e. The molecule has 56 heavy (non-hydrogen) atoms. The van der Waals surface area contributed by atoms with E-state index >= 15 is 0 Å². The molecule has 0 aliphatic rings. The van der Waals surface area contributed by atoms with Crippen molar-refractivity contribution in [3.63, 3.8) is 0 Å². The van der Waals surface area contributed by atoms with E-state index in [1.165, 1.54) is 141 Å². The summed E-state index contributed by atoms with van der Waals surface area (Å²) >= 11 is 0. The average molecular weight is 790 g/mol. The lowest BCUT2D eigenvalue weighted by Crippen LogP contribution is -2.46. The quantitative estimate of drug-likeness (QED) is 0.0324. The fraction of sp³-hybridized carbons (Fsp3) is 0.880. The van der Waals surface area contributed by atoms with Crippen molar-refractivity contribution in [3.05, 3.63) is 24.3 Å². The van der Waals surface area contributed by atoms with E-state index in [4.69, 9.17) is 4.74 Å². The van der Waals surface area contributed by atoms with Crippen molar-refractivity contribution in [2.75, 3.05) is 6.61 Å². The zero-order valence-corrected chi connectivity index (χ0v) is 37.5. The van der Waals surface area contributed by atoms with Crippen LogP contribution in [-0.4, -0.2) is 46.9 Å². The Labute approximate surface area is 348 Å². The second kappa shape index (κ2) is 44.4. The average Bonchev–Trinajstić information content (AvgIpc) is 3.19. The lowest BCUT2D eigenvalue weighted by atomic mass is 10.0. The number of nitrogens with one attached hydrogen (secondary N) is 1. The summed E-state index contributed by atoms with van der Waals surface area (Å²) in [5, 5.41) is 23.6. The molecule has 330 valence electrons. The SMILES string of the molecule is CC/C=C/C/C=C/CCCCCCCCCC(=O)OC(CCCCCCCCCCCCCCCC)CC(=O)NC(CO)C(O)CCCCCCCCCCC. The second-order valence-corrected chi connectivity index (χ2v) is 16.8. The van der Waals surface area contributed by atoms with Crippen LogP contribution in [0.2, 0.25) is 0 Å². The predicted octanol–water partition coefficient (Wildman–Crippen LogP) is 14.3. The van der Waals surface area contributed by atoms with Crippen LogP contribution in [-0.2, 0) is 14.3 Å². The second-order valence-electron chi connectivity index (χ2n) is 16.8. The lowest BCUT2D eigenvalue weighted by Gasteiger charge is -2.24. The van der Waals surface area contributed by atoms with E-state index in [0.29, 0.717) is 19.3 Å². The Bertz CT molecular complexity index is 889. The van der Waals surface area contributed by atoms with E-state index in [0.717, 1.165) is 70.6 Å². The van der Waals surface area contributed by atoms with Gasteiger partial charge >= 0.3 is 5.97 Å². The molecule has 3 atom stereocenters. The van der Waals surface area contributed by atoms with Crippen molar-refractivity contribution in [3.8, 4) is 0 Å². The van der Waals surface area contributed by atoms with Gasteiger partial charge in [0.15, 0.2) is 0 Å². The molecule has 0 bridgehead atoms. The Morgan fingerprint density at radius 1 is 0.536 bits per heavy atom. The Kier molecular flexibility index (Phi) is 43.1. The van der Waals surface area contributed by atoms with Gasteiger partial charge in [-0.1, -0.05) is 218 Å². The number of hydrogen-bond acceptors (Lipinski definition) is 5. The zero-order valence-electron chi connectivity index (χ0n) is 37.5. The summed E-state index contributed by atoms with van der Waals surface area (Å²) < 4.78 is 5.92.